The van der Waals surface area contributed by atoms with Gasteiger partial charge in [0, 0.05) is 37.6 Å². The Morgan fingerprint density at radius 2 is 2.15 bits per heavy atom. The highest BCUT2D eigenvalue weighted by Crippen LogP contribution is 2.30. The fourth-order valence-corrected chi connectivity index (χ4v) is 3.17. The molecule has 0 aliphatic carbocycles. The zero-order valence-electron chi connectivity index (χ0n) is 12.2. The van der Waals surface area contributed by atoms with Crippen molar-refractivity contribution in [3.8, 4) is 0 Å². The average molecular weight is 272 g/mol. The molecule has 5 nitrogen and oxygen atoms in total. The Morgan fingerprint density at radius 3 is 2.85 bits per heavy atom. The maximum Gasteiger partial charge on any atom is 0.220 e. The molecule has 0 spiro atoms. The van der Waals surface area contributed by atoms with Gasteiger partial charge in [-0.25, -0.2) is 0 Å². The third kappa shape index (κ3) is 2.03. The van der Waals surface area contributed by atoms with Gasteiger partial charge in [0.05, 0.1) is 17.3 Å². The Kier molecular flexibility index (Phi) is 2.92. The van der Waals surface area contributed by atoms with Crippen molar-refractivity contribution in [2.24, 2.45) is 0 Å². The Bertz CT molecular complexity index is 646. The minimum absolute atomic E-state index is 0.149. The molecule has 1 aromatic heterocycles. The molecule has 1 aliphatic rings. The summed E-state index contributed by atoms with van der Waals surface area (Å²) >= 11 is 0. The number of carbonyl (C=O) groups is 1. The van der Waals surface area contributed by atoms with E-state index in [2.05, 4.69) is 35.0 Å². The van der Waals surface area contributed by atoms with E-state index in [0.29, 0.717) is 0 Å². The van der Waals surface area contributed by atoms with E-state index in [0.717, 1.165) is 30.5 Å². The van der Waals surface area contributed by atoms with Crippen LogP contribution in [0.2, 0.25) is 0 Å². The third-order valence-electron chi connectivity index (χ3n) is 4.08. The summed E-state index contributed by atoms with van der Waals surface area (Å²) in [7, 11) is 0. The van der Waals surface area contributed by atoms with E-state index in [4.69, 9.17) is 0 Å². The first-order valence-corrected chi connectivity index (χ1v) is 6.94. The molecule has 1 aromatic carbocycles. The monoisotopic (exact) mass is 272 g/mol. The van der Waals surface area contributed by atoms with Crippen LogP contribution in [0.3, 0.4) is 0 Å². The predicted molar refractivity (Wildman–Crippen MR) is 79.8 cm³/mol. The highest BCUT2D eigenvalue weighted by Gasteiger charge is 2.35. The summed E-state index contributed by atoms with van der Waals surface area (Å²) in [5.41, 5.74) is 2.08. The summed E-state index contributed by atoms with van der Waals surface area (Å²) in [6.45, 7) is 8.33. The second-order valence-electron chi connectivity index (χ2n) is 6.01. The zero-order valence-corrected chi connectivity index (χ0v) is 12.2. The Hall–Kier alpha value is -2.04. The van der Waals surface area contributed by atoms with Crippen LogP contribution in [0.25, 0.3) is 10.9 Å². The zero-order chi connectivity index (χ0) is 14.3. The number of piperazine rings is 1. The highest BCUT2D eigenvalue weighted by atomic mass is 16.2. The molecular formula is C15H20N4O. The van der Waals surface area contributed by atoms with Crippen molar-refractivity contribution >= 4 is 22.5 Å². The van der Waals surface area contributed by atoms with Crippen LogP contribution in [-0.2, 0) is 4.79 Å². The molecule has 106 valence electrons. The van der Waals surface area contributed by atoms with Crippen molar-refractivity contribution in [3.05, 3.63) is 24.4 Å². The van der Waals surface area contributed by atoms with Gasteiger partial charge in [-0.2, -0.15) is 5.10 Å². The second-order valence-corrected chi connectivity index (χ2v) is 6.01. The van der Waals surface area contributed by atoms with Gasteiger partial charge < -0.3 is 9.80 Å². The lowest BCUT2D eigenvalue weighted by Crippen LogP contribution is -2.60. The van der Waals surface area contributed by atoms with Gasteiger partial charge in [-0.15, -0.1) is 0 Å². The van der Waals surface area contributed by atoms with Crippen LogP contribution in [0.5, 0.6) is 0 Å². The first kappa shape index (κ1) is 13.0. The van der Waals surface area contributed by atoms with Gasteiger partial charge in [0.25, 0.3) is 0 Å². The molecule has 1 amide bonds. The summed E-state index contributed by atoms with van der Waals surface area (Å²) in [6.07, 6.45) is 1.87. The van der Waals surface area contributed by atoms with E-state index in [1.165, 1.54) is 5.69 Å². The molecule has 1 N–H and O–H groups in total. The quantitative estimate of drug-likeness (QED) is 0.864. The lowest BCUT2D eigenvalue weighted by Gasteiger charge is -2.47. The van der Waals surface area contributed by atoms with Crippen LogP contribution in [0.4, 0.5) is 5.69 Å². The van der Waals surface area contributed by atoms with E-state index in [-0.39, 0.29) is 11.4 Å². The SMILES string of the molecule is CC(=O)N1CCN(c2cccc3[nH]ncc23)CC1(C)C. The van der Waals surface area contributed by atoms with Crippen molar-refractivity contribution in [1.82, 2.24) is 15.1 Å². The summed E-state index contributed by atoms with van der Waals surface area (Å²) in [5, 5.41) is 8.26. The molecule has 20 heavy (non-hydrogen) atoms. The Balaban J connectivity index is 1.93. The third-order valence-corrected chi connectivity index (χ3v) is 4.08. The first-order valence-electron chi connectivity index (χ1n) is 6.94. The van der Waals surface area contributed by atoms with E-state index in [1.54, 1.807) is 6.92 Å². The normalized spacial score (nSPS) is 18.6. The van der Waals surface area contributed by atoms with Crippen LogP contribution in [0.1, 0.15) is 20.8 Å². The number of nitrogens with one attached hydrogen (secondary N) is 1. The molecule has 0 unspecified atom stereocenters. The van der Waals surface area contributed by atoms with Crippen LogP contribution >= 0.6 is 0 Å². The number of carbonyl (C=O) groups excluding carboxylic acids is 1. The van der Waals surface area contributed by atoms with Gasteiger partial charge in [0.15, 0.2) is 0 Å². The molecular weight excluding hydrogens is 252 g/mol. The van der Waals surface area contributed by atoms with Crippen LogP contribution < -0.4 is 4.90 Å². The van der Waals surface area contributed by atoms with Gasteiger partial charge in [-0.1, -0.05) is 6.07 Å². The fraction of sp³-hybridized carbons (Fsp3) is 0.467. The van der Waals surface area contributed by atoms with Crippen molar-refractivity contribution < 1.29 is 4.79 Å². The molecule has 0 saturated carbocycles. The van der Waals surface area contributed by atoms with Gasteiger partial charge in [-0.05, 0) is 26.0 Å². The number of aromatic nitrogens is 2. The number of amides is 1. The molecule has 0 atom stereocenters. The molecule has 1 saturated heterocycles. The molecule has 0 radical (unpaired) electrons. The molecule has 2 heterocycles. The number of rotatable bonds is 1. The first-order chi connectivity index (χ1) is 9.49. The summed E-state index contributed by atoms with van der Waals surface area (Å²) < 4.78 is 0. The molecule has 2 aromatic rings. The molecule has 5 heteroatoms. The van der Waals surface area contributed by atoms with Gasteiger partial charge in [0.2, 0.25) is 5.91 Å². The van der Waals surface area contributed by atoms with Crippen molar-refractivity contribution in [2.75, 3.05) is 24.5 Å². The molecule has 0 bridgehead atoms. The standard InChI is InChI=1S/C15H20N4O/c1-11(20)19-8-7-18(10-15(19,2)3)14-6-4-5-13-12(14)9-16-17-13/h4-6,9H,7-8,10H2,1-3H3,(H,16,17). The highest BCUT2D eigenvalue weighted by molar-refractivity contribution is 5.91. The Morgan fingerprint density at radius 1 is 1.35 bits per heavy atom. The number of anilines is 1. The maximum atomic E-state index is 11.7. The number of aromatic amines is 1. The van der Waals surface area contributed by atoms with Crippen LogP contribution in [0.15, 0.2) is 24.4 Å². The topological polar surface area (TPSA) is 52.2 Å². The van der Waals surface area contributed by atoms with Gasteiger partial charge in [0.1, 0.15) is 0 Å². The van der Waals surface area contributed by atoms with Gasteiger partial charge in [-0.3, -0.25) is 9.89 Å². The second kappa shape index (κ2) is 4.51. The molecule has 1 aliphatic heterocycles. The smallest absolute Gasteiger partial charge is 0.220 e. The fourth-order valence-electron chi connectivity index (χ4n) is 3.17. The van der Waals surface area contributed by atoms with Crippen molar-refractivity contribution in [2.45, 2.75) is 26.3 Å². The van der Waals surface area contributed by atoms with E-state index in [1.807, 2.05) is 23.2 Å². The number of fused-ring (bicyclic) bond motifs is 1. The molecule has 1 fully saturated rings. The van der Waals surface area contributed by atoms with Crippen LogP contribution in [0, 0.1) is 0 Å². The lowest BCUT2D eigenvalue weighted by atomic mass is 9.97. The van der Waals surface area contributed by atoms with Crippen molar-refractivity contribution in [1.29, 1.82) is 0 Å². The number of hydrogen-bond donors (Lipinski definition) is 1. The predicted octanol–water partition coefficient (Wildman–Crippen LogP) is 2.01. The minimum Gasteiger partial charge on any atom is -0.367 e. The van der Waals surface area contributed by atoms with Crippen molar-refractivity contribution in [3.63, 3.8) is 0 Å². The summed E-state index contributed by atoms with van der Waals surface area (Å²) in [6, 6.07) is 6.19. The van der Waals surface area contributed by atoms with Gasteiger partial charge >= 0.3 is 0 Å². The number of benzene rings is 1. The number of hydrogen-bond acceptors (Lipinski definition) is 3. The summed E-state index contributed by atoms with van der Waals surface area (Å²) in [4.78, 5) is 16.0. The van der Waals surface area contributed by atoms with Crippen LogP contribution in [-0.4, -0.2) is 46.2 Å². The lowest BCUT2D eigenvalue weighted by molar-refractivity contribution is -0.134. The average Bonchev–Trinajstić information content (AvgIpc) is 2.84. The van der Waals surface area contributed by atoms with E-state index < -0.39 is 0 Å². The summed E-state index contributed by atoms with van der Waals surface area (Å²) in [5.74, 6) is 0.149. The maximum absolute atomic E-state index is 11.7. The number of nitrogens with zero attached hydrogens (tertiary/aromatic N) is 3. The van der Waals surface area contributed by atoms with E-state index in [9.17, 15) is 4.79 Å². The Labute approximate surface area is 118 Å². The largest absolute Gasteiger partial charge is 0.367 e. The number of H-pyrrole nitrogens is 1. The van der Waals surface area contributed by atoms with E-state index >= 15 is 0 Å². The minimum atomic E-state index is -0.157. The molecule has 3 rings (SSSR count).